The van der Waals surface area contributed by atoms with Crippen LogP contribution >= 0.6 is 0 Å². The van der Waals surface area contributed by atoms with E-state index in [9.17, 15) is 0 Å². The Hall–Kier alpha value is -2.42. The lowest BCUT2D eigenvalue weighted by molar-refractivity contribution is 0.0343. The van der Waals surface area contributed by atoms with Gasteiger partial charge in [-0.3, -0.25) is 0 Å². The van der Waals surface area contributed by atoms with E-state index in [0.29, 0.717) is 5.92 Å². The molecule has 2 atom stereocenters. The van der Waals surface area contributed by atoms with Gasteiger partial charge in [-0.2, -0.15) is 0 Å². The van der Waals surface area contributed by atoms with E-state index < -0.39 is 0 Å². The van der Waals surface area contributed by atoms with Gasteiger partial charge in [0, 0.05) is 7.11 Å². The van der Waals surface area contributed by atoms with Gasteiger partial charge in [-0.15, -0.1) is 0 Å². The monoisotopic (exact) mass is 385 g/mol. The Kier molecular flexibility index (Phi) is 6.13. The fraction of sp³-hybridized carbons (Fsp3) is 0.333. The zero-order valence-electron chi connectivity index (χ0n) is 17.8. The standard InChI is InChI=1S/C27H31NO/c1-28(2)18-17-23-13-14-25-19-24(15-16-26(25)27(23)29-3)22-11-9-21(10-12-22)20-7-5-4-6-8-20/h4-12,15-16,19,23,27H,13-14,17-18H2,1-3H3. The summed E-state index contributed by atoms with van der Waals surface area (Å²) in [7, 11) is 6.15. The number of benzene rings is 3. The molecule has 0 fully saturated rings. The molecule has 0 radical (unpaired) electrons. The van der Waals surface area contributed by atoms with Crippen molar-refractivity contribution in [2.45, 2.75) is 25.4 Å². The maximum absolute atomic E-state index is 5.95. The first-order valence-corrected chi connectivity index (χ1v) is 10.6. The third-order valence-corrected chi connectivity index (χ3v) is 6.19. The number of fused-ring (bicyclic) bond motifs is 1. The SMILES string of the molecule is COC1c2ccc(-c3ccc(-c4ccccc4)cc3)cc2CCC1CCN(C)C. The number of aryl methyl sites for hydroxylation is 1. The Morgan fingerprint density at radius 1 is 0.828 bits per heavy atom. The van der Waals surface area contributed by atoms with E-state index in [-0.39, 0.29) is 6.10 Å². The van der Waals surface area contributed by atoms with E-state index in [1.165, 1.54) is 46.2 Å². The number of hydrogen-bond donors (Lipinski definition) is 0. The largest absolute Gasteiger partial charge is 0.376 e. The normalized spacial score (nSPS) is 18.6. The number of methoxy groups -OCH3 is 1. The van der Waals surface area contributed by atoms with E-state index in [1.54, 1.807) is 0 Å². The van der Waals surface area contributed by atoms with Crippen molar-refractivity contribution in [1.82, 2.24) is 4.90 Å². The second kappa shape index (κ2) is 8.94. The molecule has 0 aliphatic heterocycles. The van der Waals surface area contributed by atoms with Gasteiger partial charge in [-0.25, -0.2) is 0 Å². The van der Waals surface area contributed by atoms with Crippen molar-refractivity contribution in [2.75, 3.05) is 27.7 Å². The summed E-state index contributed by atoms with van der Waals surface area (Å²) in [5.41, 5.74) is 7.92. The molecule has 0 heterocycles. The zero-order valence-corrected chi connectivity index (χ0v) is 17.8. The maximum Gasteiger partial charge on any atom is 0.0852 e. The van der Waals surface area contributed by atoms with Crippen molar-refractivity contribution >= 4 is 0 Å². The van der Waals surface area contributed by atoms with Gasteiger partial charge < -0.3 is 9.64 Å². The van der Waals surface area contributed by atoms with Crippen LogP contribution in [0.15, 0.2) is 72.8 Å². The molecule has 29 heavy (non-hydrogen) atoms. The molecule has 3 aromatic rings. The molecule has 2 nitrogen and oxygen atoms in total. The summed E-state index contributed by atoms with van der Waals surface area (Å²) in [6.07, 6.45) is 3.75. The van der Waals surface area contributed by atoms with Gasteiger partial charge in [0.15, 0.2) is 0 Å². The number of rotatable bonds is 6. The Labute approximate surface area is 175 Å². The van der Waals surface area contributed by atoms with Crippen LogP contribution in [0.3, 0.4) is 0 Å². The molecule has 0 aromatic heterocycles. The first-order chi connectivity index (χ1) is 14.2. The molecular weight excluding hydrogens is 354 g/mol. The van der Waals surface area contributed by atoms with Crippen LogP contribution in [0.25, 0.3) is 22.3 Å². The first kappa shape index (κ1) is 19.9. The fourth-order valence-corrected chi connectivity index (χ4v) is 4.55. The zero-order chi connectivity index (χ0) is 20.2. The van der Waals surface area contributed by atoms with Gasteiger partial charge in [0.2, 0.25) is 0 Å². The minimum absolute atomic E-state index is 0.216. The Bertz CT molecular complexity index is 931. The summed E-state index contributed by atoms with van der Waals surface area (Å²) in [6.45, 7) is 1.12. The lowest BCUT2D eigenvalue weighted by Crippen LogP contribution is -2.26. The summed E-state index contributed by atoms with van der Waals surface area (Å²) >= 11 is 0. The van der Waals surface area contributed by atoms with Crippen molar-refractivity contribution in [3.8, 4) is 22.3 Å². The lowest BCUT2D eigenvalue weighted by atomic mass is 9.78. The van der Waals surface area contributed by atoms with E-state index in [2.05, 4.69) is 91.8 Å². The summed E-state index contributed by atoms with van der Waals surface area (Å²) in [5, 5.41) is 0. The molecule has 1 aliphatic rings. The Balaban J connectivity index is 1.56. The molecule has 0 amide bonds. The van der Waals surface area contributed by atoms with E-state index in [0.717, 1.165) is 13.0 Å². The number of hydrogen-bond acceptors (Lipinski definition) is 2. The fourth-order valence-electron chi connectivity index (χ4n) is 4.55. The van der Waals surface area contributed by atoms with Crippen molar-refractivity contribution in [3.05, 3.63) is 83.9 Å². The second-order valence-corrected chi connectivity index (χ2v) is 8.40. The van der Waals surface area contributed by atoms with Gasteiger partial charge in [-0.1, -0.05) is 72.8 Å². The van der Waals surface area contributed by atoms with Crippen LogP contribution in [0.1, 0.15) is 30.1 Å². The predicted octanol–water partition coefficient (Wildman–Crippen LogP) is 6.22. The topological polar surface area (TPSA) is 12.5 Å². The molecule has 2 heteroatoms. The highest BCUT2D eigenvalue weighted by Crippen LogP contribution is 2.40. The molecular formula is C27H31NO. The van der Waals surface area contributed by atoms with Crippen molar-refractivity contribution in [3.63, 3.8) is 0 Å². The lowest BCUT2D eigenvalue weighted by Gasteiger charge is -2.33. The van der Waals surface area contributed by atoms with Crippen LogP contribution in [0, 0.1) is 5.92 Å². The molecule has 0 N–H and O–H groups in total. The third-order valence-electron chi connectivity index (χ3n) is 6.19. The molecule has 150 valence electrons. The molecule has 1 aliphatic carbocycles. The molecule has 2 unspecified atom stereocenters. The molecule has 0 bridgehead atoms. The van der Waals surface area contributed by atoms with Crippen LogP contribution in [0.2, 0.25) is 0 Å². The van der Waals surface area contributed by atoms with Crippen LogP contribution in [-0.2, 0) is 11.2 Å². The van der Waals surface area contributed by atoms with Crippen molar-refractivity contribution in [2.24, 2.45) is 5.92 Å². The first-order valence-electron chi connectivity index (χ1n) is 10.6. The van der Waals surface area contributed by atoms with Crippen molar-refractivity contribution < 1.29 is 4.74 Å². The molecule has 0 saturated heterocycles. The van der Waals surface area contributed by atoms with Crippen molar-refractivity contribution in [1.29, 1.82) is 0 Å². The van der Waals surface area contributed by atoms with Crippen LogP contribution in [-0.4, -0.2) is 32.6 Å². The van der Waals surface area contributed by atoms with E-state index >= 15 is 0 Å². The van der Waals surface area contributed by atoms with Gasteiger partial charge in [-0.05, 0) is 79.2 Å². The van der Waals surface area contributed by atoms with Crippen LogP contribution in [0.5, 0.6) is 0 Å². The molecule has 4 rings (SSSR count). The Morgan fingerprint density at radius 3 is 2.10 bits per heavy atom. The van der Waals surface area contributed by atoms with Crippen LogP contribution in [0.4, 0.5) is 0 Å². The third kappa shape index (κ3) is 4.44. The highest BCUT2D eigenvalue weighted by Gasteiger charge is 2.29. The molecule has 0 saturated carbocycles. The smallest absolute Gasteiger partial charge is 0.0852 e. The van der Waals surface area contributed by atoms with Gasteiger partial charge in [0.05, 0.1) is 6.10 Å². The number of ether oxygens (including phenoxy) is 1. The maximum atomic E-state index is 5.95. The van der Waals surface area contributed by atoms with Gasteiger partial charge in [0.25, 0.3) is 0 Å². The highest BCUT2D eigenvalue weighted by atomic mass is 16.5. The molecule has 3 aromatic carbocycles. The second-order valence-electron chi connectivity index (χ2n) is 8.40. The van der Waals surface area contributed by atoms with Gasteiger partial charge in [0.1, 0.15) is 0 Å². The quantitative estimate of drug-likeness (QED) is 0.499. The van der Waals surface area contributed by atoms with Gasteiger partial charge >= 0.3 is 0 Å². The van der Waals surface area contributed by atoms with E-state index in [1.807, 2.05) is 7.11 Å². The summed E-state index contributed by atoms with van der Waals surface area (Å²) < 4.78 is 5.95. The minimum Gasteiger partial charge on any atom is -0.376 e. The summed E-state index contributed by atoms with van der Waals surface area (Å²) in [5.74, 6) is 0.603. The van der Waals surface area contributed by atoms with E-state index in [4.69, 9.17) is 4.74 Å². The minimum atomic E-state index is 0.216. The van der Waals surface area contributed by atoms with Crippen LogP contribution < -0.4 is 0 Å². The predicted molar refractivity (Wildman–Crippen MR) is 122 cm³/mol. The summed E-state index contributed by atoms with van der Waals surface area (Å²) in [6, 6.07) is 26.4. The Morgan fingerprint density at radius 2 is 1.45 bits per heavy atom. The average Bonchev–Trinajstić information content (AvgIpc) is 2.77. The molecule has 0 spiro atoms. The highest BCUT2D eigenvalue weighted by molar-refractivity contribution is 5.71. The average molecular weight is 386 g/mol. The summed E-state index contributed by atoms with van der Waals surface area (Å²) in [4.78, 5) is 2.27. The number of nitrogens with zero attached hydrogens (tertiary/aromatic N) is 1.